The molecule has 0 N–H and O–H groups in total. The molecule has 4 heteroatoms. The van der Waals surface area contributed by atoms with Crippen molar-refractivity contribution >= 4 is 32.2 Å². The second-order valence-corrected chi connectivity index (χ2v) is 5.80. The Hall–Kier alpha value is -1.13. The van der Waals surface area contributed by atoms with Crippen LogP contribution in [0.2, 0.25) is 0 Å². The summed E-state index contributed by atoms with van der Waals surface area (Å²) in [5.41, 5.74) is 4.70. The first-order valence-corrected chi connectivity index (χ1v) is 7.03. The van der Waals surface area contributed by atoms with Crippen LogP contribution >= 0.6 is 27.3 Å². The summed E-state index contributed by atoms with van der Waals surface area (Å²) in [6.07, 6.45) is 0. The van der Waals surface area contributed by atoms with Gasteiger partial charge in [0.2, 0.25) is 0 Å². The van der Waals surface area contributed by atoms with Gasteiger partial charge in [-0.2, -0.15) is 0 Å². The Balaban J connectivity index is 2.23. The minimum absolute atomic E-state index is 1.07. The minimum Gasteiger partial charge on any atom is -0.292 e. The van der Waals surface area contributed by atoms with Gasteiger partial charge in [-0.05, 0) is 26.0 Å². The molecule has 17 heavy (non-hydrogen) atoms. The van der Waals surface area contributed by atoms with Crippen LogP contribution in [0.1, 0.15) is 11.4 Å². The number of imidazole rings is 1. The zero-order valence-electron chi connectivity index (χ0n) is 9.57. The third-order valence-corrected chi connectivity index (χ3v) is 4.35. The Morgan fingerprint density at radius 3 is 2.53 bits per heavy atom. The van der Waals surface area contributed by atoms with E-state index in [1.54, 1.807) is 11.3 Å². The molecular formula is C13H11BrN2S. The second-order valence-electron chi connectivity index (χ2n) is 4.05. The van der Waals surface area contributed by atoms with Crippen LogP contribution in [0.25, 0.3) is 16.2 Å². The average molecular weight is 307 g/mol. The van der Waals surface area contributed by atoms with E-state index in [1.807, 2.05) is 0 Å². The topological polar surface area (TPSA) is 17.3 Å². The first kappa shape index (κ1) is 11.0. The number of rotatable bonds is 1. The smallest absolute Gasteiger partial charge is 0.194 e. The molecule has 86 valence electrons. The molecule has 0 aliphatic carbocycles. The molecule has 2 aromatic heterocycles. The maximum atomic E-state index is 4.70. The van der Waals surface area contributed by atoms with E-state index < -0.39 is 0 Å². The number of aryl methyl sites for hydroxylation is 2. The largest absolute Gasteiger partial charge is 0.292 e. The normalized spacial score (nSPS) is 11.2. The average Bonchev–Trinajstić information content (AvgIpc) is 2.83. The molecular weight excluding hydrogens is 296 g/mol. The maximum absolute atomic E-state index is 4.70. The molecule has 0 atom stereocenters. The summed E-state index contributed by atoms with van der Waals surface area (Å²) in [6.45, 7) is 4.24. The van der Waals surface area contributed by atoms with E-state index in [0.717, 1.165) is 15.1 Å². The van der Waals surface area contributed by atoms with Crippen LogP contribution in [0.5, 0.6) is 0 Å². The van der Waals surface area contributed by atoms with Crippen molar-refractivity contribution in [2.24, 2.45) is 0 Å². The molecule has 3 rings (SSSR count). The van der Waals surface area contributed by atoms with Gasteiger partial charge in [0.05, 0.1) is 5.69 Å². The van der Waals surface area contributed by atoms with Gasteiger partial charge in [-0.15, -0.1) is 11.3 Å². The first-order chi connectivity index (χ1) is 8.16. The van der Waals surface area contributed by atoms with Crippen molar-refractivity contribution < 1.29 is 0 Å². The Labute approximate surface area is 112 Å². The molecule has 0 fully saturated rings. The van der Waals surface area contributed by atoms with E-state index in [0.29, 0.717) is 0 Å². The van der Waals surface area contributed by atoms with Gasteiger partial charge in [0.1, 0.15) is 0 Å². The van der Waals surface area contributed by atoms with Crippen molar-refractivity contribution in [1.29, 1.82) is 0 Å². The molecule has 0 radical (unpaired) electrons. The van der Waals surface area contributed by atoms with Crippen LogP contribution in [0, 0.1) is 13.8 Å². The summed E-state index contributed by atoms with van der Waals surface area (Å²) < 4.78 is 3.30. The first-order valence-electron chi connectivity index (χ1n) is 5.36. The molecule has 0 amide bonds. The van der Waals surface area contributed by atoms with Crippen molar-refractivity contribution in [3.05, 3.63) is 45.5 Å². The zero-order chi connectivity index (χ0) is 12.0. The molecule has 0 saturated carbocycles. The fourth-order valence-corrected chi connectivity index (χ4v) is 3.22. The van der Waals surface area contributed by atoms with Crippen LogP contribution in [0.15, 0.2) is 34.1 Å². The summed E-state index contributed by atoms with van der Waals surface area (Å²) in [5.74, 6) is 0. The second kappa shape index (κ2) is 3.96. The summed E-state index contributed by atoms with van der Waals surface area (Å²) in [6, 6.07) is 8.29. The summed E-state index contributed by atoms with van der Waals surface area (Å²) in [5, 5.41) is 2.14. The highest BCUT2D eigenvalue weighted by molar-refractivity contribution is 9.10. The number of benzene rings is 1. The summed E-state index contributed by atoms with van der Waals surface area (Å²) in [7, 11) is 0. The van der Waals surface area contributed by atoms with E-state index in [1.165, 1.54) is 17.0 Å². The van der Waals surface area contributed by atoms with Gasteiger partial charge in [-0.3, -0.25) is 4.40 Å². The third kappa shape index (κ3) is 1.72. The molecule has 0 aliphatic rings. The highest BCUT2D eigenvalue weighted by Gasteiger charge is 2.12. The molecule has 3 aromatic rings. The lowest BCUT2D eigenvalue weighted by atomic mass is 10.1. The Bertz CT molecular complexity index is 679. The molecule has 2 heterocycles. The number of thiazole rings is 1. The van der Waals surface area contributed by atoms with Crippen LogP contribution in [-0.2, 0) is 0 Å². The van der Waals surface area contributed by atoms with Gasteiger partial charge in [0, 0.05) is 26.8 Å². The van der Waals surface area contributed by atoms with Gasteiger partial charge in [0.15, 0.2) is 4.96 Å². The number of aromatic nitrogens is 2. The van der Waals surface area contributed by atoms with Gasteiger partial charge < -0.3 is 0 Å². The highest BCUT2D eigenvalue weighted by Crippen LogP contribution is 2.28. The van der Waals surface area contributed by atoms with Crippen molar-refractivity contribution in [2.45, 2.75) is 13.8 Å². The molecule has 0 saturated heterocycles. The van der Waals surface area contributed by atoms with Gasteiger partial charge in [-0.25, -0.2) is 4.98 Å². The van der Waals surface area contributed by atoms with Crippen LogP contribution in [-0.4, -0.2) is 9.38 Å². The van der Waals surface area contributed by atoms with Crippen LogP contribution < -0.4 is 0 Å². The standard InChI is InChI=1S/C13H11BrN2S/c1-8-7-17-13-15-12(9(2)16(8)13)10-3-5-11(14)6-4-10/h3-7H,1-2H3. The van der Waals surface area contributed by atoms with Crippen molar-refractivity contribution in [1.82, 2.24) is 9.38 Å². The quantitative estimate of drug-likeness (QED) is 0.649. The lowest BCUT2D eigenvalue weighted by Crippen LogP contribution is -1.87. The SMILES string of the molecule is Cc1csc2nc(-c3ccc(Br)cc3)c(C)n12. The lowest BCUT2D eigenvalue weighted by Gasteiger charge is -2.00. The molecule has 2 nitrogen and oxygen atoms in total. The van der Waals surface area contributed by atoms with Gasteiger partial charge in [0.25, 0.3) is 0 Å². The molecule has 0 spiro atoms. The van der Waals surface area contributed by atoms with Crippen LogP contribution in [0.3, 0.4) is 0 Å². The summed E-state index contributed by atoms with van der Waals surface area (Å²) >= 11 is 5.14. The number of nitrogens with zero attached hydrogens (tertiary/aromatic N) is 2. The number of hydrogen-bond acceptors (Lipinski definition) is 2. The third-order valence-electron chi connectivity index (χ3n) is 2.88. The Morgan fingerprint density at radius 2 is 1.88 bits per heavy atom. The van der Waals surface area contributed by atoms with Gasteiger partial charge >= 0.3 is 0 Å². The predicted octanol–water partition coefficient (Wildman–Crippen LogP) is 4.44. The van der Waals surface area contributed by atoms with E-state index in [-0.39, 0.29) is 0 Å². The van der Waals surface area contributed by atoms with Crippen LogP contribution in [0.4, 0.5) is 0 Å². The predicted molar refractivity (Wildman–Crippen MR) is 75.7 cm³/mol. The zero-order valence-corrected chi connectivity index (χ0v) is 12.0. The fourth-order valence-electron chi connectivity index (χ4n) is 2.04. The Kier molecular flexibility index (Phi) is 2.56. The molecule has 0 bridgehead atoms. The molecule has 1 aromatic carbocycles. The highest BCUT2D eigenvalue weighted by atomic mass is 79.9. The molecule has 0 unspecified atom stereocenters. The molecule has 0 aliphatic heterocycles. The lowest BCUT2D eigenvalue weighted by molar-refractivity contribution is 1.07. The number of fused-ring (bicyclic) bond motifs is 1. The van der Waals surface area contributed by atoms with Gasteiger partial charge in [-0.1, -0.05) is 28.1 Å². The monoisotopic (exact) mass is 306 g/mol. The van der Waals surface area contributed by atoms with E-state index in [4.69, 9.17) is 4.98 Å². The van der Waals surface area contributed by atoms with Crippen molar-refractivity contribution in [2.75, 3.05) is 0 Å². The Morgan fingerprint density at radius 1 is 1.18 bits per heavy atom. The van der Waals surface area contributed by atoms with Crippen molar-refractivity contribution in [3.63, 3.8) is 0 Å². The maximum Gasteiger partial charge on any atom is 0.194 e. The summed E-state index contributed by atoms with van der Waals surface area (Å²) in [4.78, 5) is 5.77. The number of hydrogen-bond donors (Lipinski definition) is 0. The van der Waals surface area contributed by atoms with E-state index in [9.17, 15) is 0 Å². The number of halogens is 1. The minimum atomic E-state index is 1.07. The van der Waals surface area contributed by atoms with E-state index in [2.05, 4.69) is 63.8 Å². The fraction of sp³-hybridized carbons (Fsp3) is 0.154. The van der Waals surface area contributed by atoms with Crippen molar-refractivity contribution in [3.8, 4) is 11.3 Å². The van der Waals surface area contributed by atoms with E-state index >= 15 is 0 Å².